The quantitative estimate of drug-likeness (QED) is 0.703. The zero-order valence-corrected chi connectivity index (χ0v) is 19.2. The monoisotopic (exact) mass is 476 g/mol. The third-order valence-electron chi connectivity index (χ3n) is 6.04. The maximum Gasteiger partial charge on any atom is 0.255 e. The van der Waals surface area contributed by atoms with Gasteiger partial charge in [0.25, 0.3) is 5.91 Å². The molecular weight excluding hydrogens is 451 g/mol. The van der Waals surface area contributed by atoms with Crippen LogP contribution < -0.4 is 10.5 Å². The third kappa shape index (κ3) is 4.94. The number of halogens is 2. The van der Waals surface area contributed by atoms with Gasteiger partial charge in [0.1, 0.15) is 6.61 Å². The Labute approximate surface area is 197 Å². The van der Waals surface area contributed by atoms with Gasteiger partial charge in [0.2, 0.25) is 5.91 Å². The molecule has 1 atom stereocenters. The van der Waals surface area contributed by atoms with E-state index in [1.165, 1.54) is 6.20 Å². The molecule has 2 N–H and O–H groups in total. The highest BCUT2D eigenvalue weighted by Gasteiger charge is 2.32. The summed E-state index contributed by atoms with van der Waals surface area (Å²) in [6.45, 7) is 2.77. The van der Waals surface area contributed by atoms with E-state index in [-0.39, 0.29) is 35.9 Å². The minimum atomic E-state index is -0.183. The smallest absolute Gasteiger partial charge is 0.255 e. The largest absolute Gasteiger partial charge is 0.485 e. The lowest BCUT2D eigenvalue weighted by atomic mass is 9.96. The second-order valence-electron chi connectivity index (χ2n) is 8.22. The van der Waals surface area contributed by atoms with Crippen molar-refractivity contribution >= 4 is 40.8 Å². The van der Waals surface area contributed by atoms with E-state index in [9.17, 15) is 9.59 Å². The fraction of sp³-hybridized carbons (Fsp3) is 0.435. The molecule has 2 amide bonds. The molecule has 0 radical (unpaired) electrons. The van der Waals surface area contributed by atoms with Crippen LogP contribution in [0.25, 0.3) is 0 Å². The predicted molar refractivity (Wildman–Crippen MR) is 124 cm³/mol. The Kier molecular flexibility index (Phi) is 7.06. The Morgan fingerprint density at radius 2 is 1.78 bits per heavy atom. The van der Waals surface area contributed by atoms with Crippen molar-refractivity contribution in [2.75, 3.05) is 31.9 Å². The number of anilines is 1. The van der Waals surface area contributed by atoms with E-state index in [4.69, 9.17) is 33.7 Å². The number of amides is 2. The second-order valence-corrected chi connectivity index (χ2v) is 9.03. The fourth-order valence-electron chi connectivity index (χ4n) is 4.25. The highest BCUT2D eigenvalue weighted by Crippen LogP contribution is 2.29. The molecule has 0 bridgehead atoms. The van der Waals surface area contributed by atoms with Crippen LogP contribution in [0.2, 0.25) is 10.0 Å². The van der Waals surface area contributed by atoms with Crippen molar-refractivity contribution in [1.82, 2.24) is 14.8 Å². The molecule has 2 saturated heterocycles. The average Bonchev–Trinajstić information content (AvgIpc) is 3.34. The number of ether oxygens (including phenoxy) is 1. The van der Waals surface area contributed by atoms with Crippen molar-refractivity contribution < 1.29 is 14.3 Å². The van der Waals surface area contributed by atoms with E-state index in [0.717, 1.165) is 38.8 Å². The van der Waals surface area contributed by atoms with Gasteiger partial charge in [0, 0.05) is 48.0 Å². The lowest BCUT2D eigenvalue weighted by Gasteiger charge is -2.34. The van der Waals surface area contributed by atoms with E-state index in [0.29, 0.717) is 34.3 Å². The van der Waals surface area contributed by atoms with Crippen molar-refractivity contribution in [2.45, 2.75) is 32.3 Å². The van der Waals surface area contributed by atoms with Crippen molar-refractivity contribution in [2.24, 2.45) is 5.92 Å². The maximum absolute atomic E-state index is 13.2. The summed E-state index contributed by atoms with van der Waals surface area (Å²) in [6, 6.07) is 6.79. The first kappa shape index (κ1) is 22.7. The lowest BCUT2D eigenvalue weighted by Crippen LogP contribution is -2.46. The standard InChI is InChI=1S/C23H26Cl2N4O3/c24-18-6-3-7-19(25)17(18)14-32-20-11-16(12-27-21(20)26)23(31)29-10-4-5-15(13-29)22(30)28-8-1-2-9-28/h3,6-7,11-12,15H,1-2,4-5,8-10,13-14H2,(H2,26,27). The molecule has 7 nitrogen and oxygen atoms in total. The maximum atomic E-state index is 13.2. The van der Waals surface area contributed by atoms with Crippen LogP contribution in [0.1, 0.15) is 41.6 Å². The molecular formula is C23H26Cl2N4O3. The Hall–Kier alpha value is -2.51. The molecule has 3 heterocycles. The van der Waals surface area contributed by atoms with Gasteiger partial charge in [0.05, 0.1) is 11.5 Å². The molecule has 170 valence electrons. The van der Waals surface area contributed by atoms with E-state index < -0.39 is 0 Å². The average molecular weight is 477 g/mol. The molecule has 2 fully saturated rings. The van der Waals surface area contributed by atoms with Crippen LogP contribution in [0.3, 0.4) is 0 Å². The number of hydrogen-bond donors (Lipinski definition) is 1. The number of benzene rings is 1. The van der Waals surface area contributed by atoms with Crippen LogP contribution in [0.4, 0.5) is 5.82 Å². The van der Waals surface area contributed by atoms with E-state index in [2.05, 4.69) is 4.98 Å². The van der Waals surface area contributed by atoms with Gasteiger partial charge in [-0.2, -0.15) is 0 Å². The van der Waals surface area contributed by atoms with Crippen LogP contribution in [0.5, 0.6) is 5.75 Å². The van der Waals surface area contributed by atoms with E-state index in [1.54, 1.807) is 29.2 Å². The summed E-state index contributed by atoms with van der Waals surface area (Å²) in [4.78, 5) is 33.7. The first-order valence-electron chi connectivity index (χ1n) is 10.8. The van der Waals surface area contributed by atoms with Gasteiger partial charge in [-0.1, -0.05) is 29.3 Å². The zero-order valence-electron chi connectivity index (χ0n) is 17.7. The molecule has 0 spiro atoms. The van der Waals surface area contributed by atoms with Crippen LogP contribution >= 0.6 is 23.2 Å². The van der Waals surface area contributed by atoms with Gasteiger partial charge in [-0.05, 0) is 43.9 Å². The van der Waals surface area contributed by atoms with Gasteiger partial charge >= 0.3 is 0 Å². The molecule has 0 aliphatic carbocycles. The third-order valence-corrected chi connectivity index (χ3v) is 6.75. The van der Waals surface area contributed by atoms with E-state index >= 15 is 0 Å². The number of hydrogen-bond acceptors (Lipinski definition) is 5. The number of piperidine rings is 1. The number of rotatable bonds is 5. The van der Waals surface area contributed by atoms with Gasteiger partial charge in [0.15, 0.2) is 11.6 Å². The molecule has 0 saturated carbocycles. The normalized spacial score (nSPS) is 18.6. The van der Waals surface area contributed by atoms with Crippen LogP contribution in [0, 0.1) is 5.92 Å². The number of carbonyl (C=O) groups is 2. The molecule has 1 aromatic carbocycles. The summed E-state index contributed by atoms with van der Waals surface area (Å²) in [6.07, 6.45) is 5.17. The van der Waals surface area contributed by atoms with Gasteiger partial charge < -0.3 is 20.3 Å². The van der Waals surface area contributed by atoms with Crippen molar-refractivity contribution in [3.63, 3.8) is 0 Å². The summed E-state index contributed by atoms with van der Waals surface area (Å²) >= 11 is 12.4. The van der Waals surface area contributed by atoms with E-state index in [1.807, 2.05) is 4.90 Å². The Morgan fingerprint density at radius 1 is 1.09 bits per heavy atom. The number of likely N-dealkylation sites (tertiary alicyclic amines) is 2. The second kappa shape index (κ2) is 9.96. The number of nitrogens with two attached hydrogens (primary N) is 1. The zero-order chi connectivity index (χ0) is 22.7. The fourth-order valence-corrected chi connectivity index (χ4v) is 4.76. The summed E-state index contributed by atoms with van der Waals surface area (Å²) < 4.78 is 5.80. The topological polar surface area (TPSA) is 88.8 Å². The number of nitrogens with zero attached hydrogens (tertiary/aromatic N) is 3. The van der Waals surface area contributed by atoms with Crippen molar-refractivity contribution in [3.8, 4) is 5.75 Å². The molecule has 2 aliphatic rings. The summed E-state index contributed by atoms with van der Waals surface area (Å²) in [5.41, 5.74) is 6.96. The molecule has 9 heteroatoms. The number of carbonyl (C=O) groups excluding carboxylic acids is 2. The van der Waals surface area contributed by atoms with Gasteiger partial charge in [-0.25, -0.2) is 4.98 Å². The Bertz CT molecular complexity index is 990. The minimum Gasteiger partial charge on any atom is -0.485 e. The summed E-state index contributed by atoms with van der Waals surface area (Å²) in [7, 11) is 0. The lowest BCUT2D eigenvalue weighted by molar-refractivity contribution is -0.135. The first-order chi connectivity index (χ1) is 15.4. The molecule has 32 heavy (non-hydrogen) atoms. The Balaban J connectivity index is 1.45. The minimum absolute atomic E-state index is 0.0954. The molecule has 2 aromatic rings. The molecule has 2 aliphatic heterocycles. The van der Waals surface area contributed by atoms with Crippen LogP contribution in [-0.2, 0) is 11.4 Å². The van der Waals surface area contributed by atoms with Crippen LogP contribution in [-0.4, -0.2) is 52.8 Å². The van der Waals surface area contributed by atoms with Gasteiger partial charge in [-0.15, -0.1) is 0 Å². The Morgan fingerprint density at radius 3 is 2.50 bits per heavy atom. The van der Waals surface area contributed by atoms with Crippen molar-refractivity contribution in [3.05, 3.63) is 51.6 Å². The summed E-state index contributed by atoms with van der Waals surface area (Å²) in [5.74, 6) is 0.290. The first-order valence-corrected chi connectivity index (χ1v) is 11.6. The molecule has 4 rings (SSSR count). The highest BCUT2D eigenvalue weighted by atomic mass is 35.5. The number of nitrogen functional groups attached to an aromatic ring is 1. The SMILES string of the molecule is Nc1ncc(C(=O)N2CCCC(C(=O)N3CCCC3)C2)cc1OCc1c(Cl)cccc1Cl. The van der Waals surface area contributed by atoms with Crippen LogP contribution in [0.15, 0.2) is 30.5 Å². The van der Waals surface area contributed by atoms with Gasteiger partial charge in [-0.3, -0.25) is 9.59 Å². The van der Waals surface area contributed by atoms with Crippen molar-refractivity contribution in [1.29, 1.82) is 0 Å². The predicted octanol–water partition coefficient (Wildman–Crippen LogP) is 4.02. The summed E-state index contributed by atoms with van der Waals surface area (Å²) in [5, 5.41) is 0.969. The number of pyridine rings is 1. The highest BCUT2D eigenvalue weighted by molar-refractivity contribution is 6.35. The number of aromatic nitrogens is 1. The molecule has 1 unspecified atom stereocenters. The molecule has 1 aromatic heterocycles.